The third-order valence-corrected chi connectivity index (χ3v) is 1.69. The monoisotopic (exact) mass is 191 g/mol. The summed E-state index contributed by atoms with van der Waals surface area (Å²) >= 11 is 4.38. The number of hydrogen-bond acceptors (Lipinski definition) is 3. The standard InChI is InChI=1S/C9H21NOS/c1-8(2,5-6-10)11-7-9(3,4)12/h12H,5-7,10H2,1-4H3. The van der Waals surface area contributed by atoms with Crippen LogP contribution in [0.2, 0.25) is 0 Å². The molecule has 0 aromatic heterocycles. The van der Waals surface area contributed by atoms with Crippen molar-refractivity contribution in [2.24, 2.45) is 5.73 Å². The van der Waals surface area contributed by atoms with Crippen LogP contribution in [0.3, 0.4) is 0 Å². The molecule has 74 valence electrons. The van der Waals surface area contributed by atoms with Crippen molar-refractivity contribution in [2.45, 2.75) is 44.5 Å². The minimum atomic E-state index is -0.116. The van der Waals surface area contributed by atoms with E-state index in [2.05, 4.69) is 26.5 Å². The molecular weight excluding hydrogens is 170 g/mol. The highest BCUT2D eigenvalue weighted by Gasteiger charge is 2.21. The van der Waals surface area contributed by atoms with Gasteiger partial charge >= 0.3 is 0 Å². The Morgan fingerprint density at radius 3 is 2.08 bits per heavy atom. The summed E-state index contributed by atoms with van der Waals surface area (Å²) in [6.07, 6.45) is 0.886. The molecule has 0 unspecified atom stereocenters. The molecule has 0 aliphatic carbocycles. The third kappa shape index (κ3) is 6.95. The van der Waals surface area contributed by atoms with Gasteiger partial charge in [0.15, 0.2) is 0 Å². The lowest BCUT2D eigenvalue weighted by molar-refractivity contribution is -0.0287. The lowest BCUT2D eigenvalue weighted by atomic mass is 10.1. The zero-order valence-electron chi connectivity index (χ0n) is 8.55. The third-order valence-electron chi connectivity index (χ3n) is 1.56. The molecule has 3 heteroatoms. The van der Waals surface area contributed by atoms with Crippen molar-refractivity contribution < 1.29 is 4.74 Å². The molecule has 0 bridgehead atoms. The zero-order chi connectivity index (χ0) is 9.83. The van der Waals surface area contributed by atoms with Crippen LogP contribution in [0.5, 0.6) is 0 Å². The smallest absolute Gasteiger partial charge is 0.0639 e. The van der Waals surface area contributed by atoms with Gasteiger partial charge in [-0.05, 0) is 40.7 Å². The minimum absolute atomic E-state index is 0.0636. The van der Waals surface area contributed by atoms with Gasteiger partial charge in [-0.1, -0.05) is 0 Å². The Bertz CT molecular complexity index is 129. The highest BCUT2D eigenvalue weighted by molar-refractivity contribution is 7.81. The van der Waals surface area contributed by atoms with Gasteiger partial charge in [0, 0.05) is 4.75 Å². The Morgan fingerprint density at radius 1 is 1.25 bits per heavy atom. The van der Waals surface area contributed by atoms with Crippen LogP contribution in [0.1, 0.15) is 34.1 Å². The molecule has 0 radical (unpaired) electrons. The van der Waals surface area contributed by atoms with Gasteiger partial charge in [0.2, 0.25) is 0 Å². The Labute approximate surface area is 81.3 Å². The summed E-state index contributed by atoms with van der Waals surface area (Å²) in [5, 5.41) is 0. The predicted molar refractivity (Wildman–Crippen MR) is 56.8 cm³/mol. The van der Waals surface area contributed by atoms with E-state index in [9.17, 15) is 0 Å². The van der Waals surface area contributed by atoms with Crippen LogP contribution >= 0.6 is 12.6 Å². The normalized spacial score (nSPS) is 13.5. The maximum atomic E-state index is 5.68. The molecule has 0 aliphatic heterocycles. The average Bonchev–Trinajstić information content (AvgIpc) is 1.83. The van der Waals surface area contributed by atoms with E-state index in [-0.39, 0.29) is 10.3 Å². The first kappa shape index (κ1) is 12.3. The number of nitrogens with two attached hydrogens (primary N) is 1. The molecule has 0 aliphatic rings. The van der Waals surface area contributed by atoms with Gasteiger partial charge < -0.3 is 10.5 Å². The minimum Gasteiger partial charge on any atom is -0.374 e. The van der Waals surface area contributed by atoms with Gasteiger partial charge in [-0.25, -0.2) is 0 Å². The van der Waals surface area contributed by atoms with Gasteiger partial charge in [0.1, 0.15) is 0 Å². The molecule has 0 amide bonds. The summed E-state index contributed by atoms with van der Waals surface area (Å²) in [4.78, 5) is 0. The Hall–Kier alpha value is 0.270. The first-order valence-electron chi connectivity index (χ1n) is 4.33. The summed E-state index contributed by atoms with van der Waals surface area (Å²) in [7, 11) is 0. The predicted octanol–water partition coefficient (Wildman–Crippen LogP) is 1.84. The van der Waals surface area contributed by atoms with Gasteiger partial charge in [-0.2, -0.15) is 12.6 Å². The Morgan fingerprint density at radius 2 is 1.75 bits per heavy atom. The van der Waals surface area contributed by atoms with Crippen molar-refractivity contribution in [3.05, 3.63) is 0 Å². The molecule has 0 fully saturated rings. The first-order valence-corrected chi connectivity index (χ1v) is 4.78. The van der Waals surface area contributed by atoms with E-state index >= 15 is 0 Å². The second-order valence-corrected chi connectivity index (χ2v) is 5.61. The largest absolute Gasteiger partial charge is 0.374 e. The van der Waals surface area contributed by atoms with Crippen LogP contribution in [0.25, 0.3) is 0 Å². The van der Waals surface area contributed by atoms with Gasteiger partial charge in [-0.15, -0.1) is 0 Å². The Balaban J connectivity index is 3.75. The van der Waals surface area contributed by atoms with E-state index in [0.29, 0.717) is 13.2 Å². The van der Waals surface area contributed by atoms with E-state index in [4.69, 9.17) is 10.5 Å². The maximum absolute atomic E-state index is 5.68. The van der Waals surface area contributed by atoms with Gasteiger partial charge in [0.05, 0.1) is 12.2 Å². The van der Waals surface area contributed by atoms with E-state index in [0.717, 1.165) is 6.42 Å². The van der Waals surface area contributed by atoms with Crippen LogP contribution in [-0.2, 0) is 4.74 Å². The van der Waals surface area contributed by atoms with Crippen molar-refractivity contribution in [3.8, 4) is 0 Å². The molecule has 0 heterocycles. The lowest BCUT2D eigenvalue weighted by Gasteiger charge is -2.29. The summed E-state index contributed by atoms with van der Waals surface area (Å²) in [6, 6.07) is 0. The molecule has 0 aromatic carbocycles. The fraction of sp³-hybridized carbons (Fsp3) is 1.00. The summed E-state index contributed by atoms with van der Waals surface area (Å²) in [6.45, 7) is 9.51. The van der Waals surface area contributed by atoms with Crippen molar-refractivity contribution in [1.82, 2.24) is 0 Å². The van der Waals surface area contributed by atoms with Crippen LogP contribution in [0.15, 0.2) is 0 Å². The summed E-state index contributed by atoms with van der Waals surface area (Å²) < 4.78 is 5.61. The van der Waals surface area contributed by atoms with Crippen LogP contribution < -0.4 is 5.73 Å². The molecule has 0 saturated heterocycles. The van der Waals surface area contributed by atoms with E-state index in [1.807, 2.05) is 13.8 Å². The quantitative estimate of drug-likeness (QED) is 0.650. The summed E-state index contributed by atoms with van der Waals surface area (Å²) in [5.74, 6) is 0. The first-order chi connectivity index (χ1) is 5.27. The highest BCUT2D eigenvalue weighted by atomic mass is 32.1. The fourth-order valence-corrected chi connectivity index (χ4v) is 0.856. The topological polar surface area (TPSA) is 35.2 Å². The molecule has 0 rings (SSSR count). The summed E-state index contributed by atoms with van der Waals surface area (Å²) in [5.41, 5.74) is 5.34. The average molecular weight is 191 g/mol. The van der Waals surface area contributed by atoms with Gasteiger partial charge in [0.25, 0.3) is 0 Å². The molecule has 0 aromatic rings. The SMILES string of the molecule is CC(C)(S)COC(C)(C)CCN. The van der Waals surface area contributed by atoms with Crippen molar-refractivity contribution in [2.75, 3.05) is 13.2 Å². The van der Waals surface area contributed by atoms with Crippen LogP contribution in [0.4, 0.5) is 0 Å². The second kappa shape index (κ2) is 4.49. The second-order valence-electron chi connectivity index (χ2n) is 4.40. The Kier molecular flexibility index (Phi) is 4.59. The van der Waals surface area contributed by atoms with Gasteiger partial charge in [-0.3, -0.25) is 0 Å². The fourth-order valence-electron chi connectivity index (χ4n) is 0.792. The number of hydrogen-bond donors (Lipinski definition) is 2. The highest BCUT2D eigenvalue weighted by Crippen LogP contribution is 2.19. The van der Waals surface area contributed by atoms with E-state index < -0.39 is 0 Å². The lowest BCUT2D eigenvalue weighted by Crippen LogP contribution is -2.33. The van der Waals surface area contributed by atoms with Crippen molar-refractivity contribution in [3.63, 3.8) is 0 Å². The molecule has 0 atom stereocenters. The molecule has 12 heavy (non-hydrogen) atoms. The molecular formula is C9H21NOS. The van der Waals surface area contributed by atoms with Crippen LogP contribution in [0, 0.1) is 0 Å². The number of ether oxygens (including phenoxy) is 1. The molecule has 0 spiro atoms. The molecule has 2 N–H and O–H groups in total. The molecule has 0 saturated carbocycles. The molecule has 2 nitrogen and oxygen atoms in total. The maximum Gasteiger partial charge on any atom is 0.0639 e. The van der Waals surface area contributed by atoms with E-state index in [1.54, 1.807) is 0 Å². The number of thiol groups is 1. The van der Waals surface area contributed by atoms with Crippen LogP contribution in [-0.4, -0.2) is 23.5 Å². The van der Waals surface area contributed by atoms with Crippen molar-refractivity contribution in [1.29, 1.82) is 0 Å². The van der Waals surface area contributed by atoms with E-state index in [1.165, 1.54) is 0 Å². The zero-order valence-corrected chi connectivity index (χ0v) is 9.45. The number of rotatable bonds is 5. The van der Waals surface area contributed by atoms with Crippen molar-refractivity contribution >= 4 is 12.6 Å².